The van der Waals surface area contributed by atoms with Crippen molar-refractivity contribution in [3.63, 3.8) is 0 Å². The predicted octanol–water partition coefficient (Wildman–Crippen LogP) is 1.82. The number of nitrogens with zero attached hydrogens (tertiary/aromatic N) is 1. The van der Waals surface area contributed by atoms with Gasteiger partial charge in [-0.15, -0.1) is 0 Å². The molecule has 0 unspecified atom stereocenters. The minimum absolute atomic E-state index is 0.0922. The lowest BCUT2D eigenvalue weighted by molar-refractivity contribution is 0.259. The number of nitrogens with one attached hydrogen (secondary N) is 1. The van der Waals surface area contributed by atoms with Crippen LogP contribution >= 0.6 is 23.2 Å². The molecule has 0 heterocycles. The fraction of sp³-hybridized carbons (Fsp3) is 0.200. The Hall–Kier alpha value is -1.86. The fourth-order valence-corrected chi connectivity index (χ4v) is 1.84. The molecule has 0 saturated heterocycles. The minimum Gasteiger partial charge on any atom is -0.495 e. The van der Waals surface area contributed by atoms with Crippen molar-refractivity contribution in [1.29, 1.82) is 0 Å². The van der Waals surface area contributed by atoms with Crippen molar-refractivity contribution in [3.8, 4) is 11.5 Å². The number of urea groups is 1. The highest BCUT2D eigenvalue weighted by atomic mass is 35.5. The number of carbonyl (C=O) groups is 1. The molecule has 0 radical (unpaired) electrons. The Morgan fingerprint density at radius 3 is 2.05 bits per heavy atom. The first-order valence-electron chi connectivity index (χ1n) is 4.91. The van der Waals surface area contributed by atoms with Crippen molar-refractivity contribution < 1.29 is 14.3 Å². The average Bonchev–Trinajstić information content (AvgIpc) is 2.34. The summed E-state index contributed by atoms with van der Waals surface area (Å²) in [6.45, 7) is 0. The van der Waals surface area contributed by atoms with Crippen molar-refractivity contribution in [2.45, 2.75) is 0 Å². The first kappa shape index (κ1) is 15.2. The number of amides is 2. The Kier molecular flexibility index (Phi) is 5.08. The minimum atomic E-state index is -0.820. The number of carbonyl (C=O) groups excluding carboxylic acids is 1. The van der Waals surface area contributed by atoms with Gasteiger partial charge in [-0.25, -0.2) is 4.79 Å². The number of aliphatic imine (C=N–C) groups is 1. The zero-order chi connectivity index (χ0) is 14.6. The Labute approximate surface area is 119 Å². The molecule has 19 heavy (non-hydrogen) atoms. The number of halogens is 2. The molecule has 5 N–H and O–H groups in total. The number of hydrogen-bond acceptors (Lipinski definition) is 3. The van der Waals surface area contributed by atoms with Gasteiger partial charge in [0, 0.05) is 6.07 Å². The molecule has 2 amide bonds. The molecular weight excluding hydrogens is 295 g/mol. The summed E-state index contributed by atoms with van der Waals surface area (Å²) in [6, 6.07) is 0.667. The highest BCUT2D eigenvalue weighted by Crippen LogP contribution is 2.44. The van der Waals surface area contributed by atoms with E-state index in [1.54, 1.807) is 0 Å². The molecular formula is C10H12Cl2N4O3. The van der Waals surface area contributed by atoms with E-state index >= 15 is 0 Å². The molecule has 0 bridgehead atoms. The number of methoxy groups -OCH3 is 2. The van der Waals surface area contributed by atoms with Gasteiger partial charge in [0.2, 0.25) is 0 Å². The molecule has 0 atom stereocenters. The van der Waals surface area contributed by atoms with Crippen molar-refractivity contribution in [2.24, 2.45) is 16.5 Å². The monoisotopic (exact) mass is 306 g/mol. The number of ether oxygens (including phenoxy) is 2. The van der Waals surface area contributed by atoms with E-state index in [4.69, 9.17) is 44.1 Å². The Morgan fingerprint density at radius 1 is 1.21 bits per heavy atom. The number of benzene rings is 1. The molecule has 1 aromatic carbocycles. The number of rotatable bonds is 3. The number of nitrogens with two attached hydrogens (primary N) is 2. The molecule has 1 rings (SSSR count). The summed E-state index contributed by atoms with van der Waals surface area (Å²) in [5.41, 5.74) is 10.3. The first-order chi connectivity index (χ1) is 8.90. The van der Waals surface area contributed by atoms with E-state index in [1.165, 1.54) is 20.3 Å². The van der Waals surface area contributed by atoms with Gasteiger partial charge < -0.3 is 26.3 Å². The highest BCUT2D eigenvalue weighted by Gasteiger charge is 2.18. The van der Waals surface area contributed by atoms with Crippen LogP contribution < -0.4 is 26.3 Å². The molecule has 0 fully saturated rings. The van der Waals surface area contributed by atoms with Crippen LogP contribution in [0, 0.1) is 0 Å². The third kappa shape index (κ3) is 3.55. The quantitative estimate of drug-likeness (QED) is 0.582. The van der Waals surface area contributed by atoms with E-state index in [2.05, 4.69) is 10.3 Å². The van der Waals surface area contributed by atoms with Gasteiger partial charge in [-0.1, -0.05) is 23.2 Å². The summed E-state index contributed by atoms with van der Waals surface area (Å²) < 4.78 is 10.1. The lowest BCUT2D eigenvalue weighted by Crippen LogP contribution is -2.25. The Bertz CT molecular complexity index is 502. The summed E-state index contributed by atoms with van der Waals surface area (Å²) >= 11 is 12.1. The first-order valence-corrected chi connectivity index (χ1v) is 5.66. The van der Waals surface area contributed by atoms with Gasteiger partial charge in [-0.2, -0.15) is 4.99 Å². The summed E-state index contributed by atoms with van der Waals surface area (Å²) in [7, 11) is 2.83. The molecule has 9 heteroatoms. The van der Waals surface area contributed by atoms with E-state index in [0.717, 1.165) is 0 Å². The van der Waals surface area contributed by atoms with Crippen LogP contribution in [0.5, 0.6) is 11.5 Å². The number of guanidine groups is 1. The molecule has 7 nitrogen and oxygen atoms in total. The normalized spacial score (nSPS) is 9.68. The van der Waals surface area contributed by atoms with Crippen LogP contribution in [0.4, 0.5) is 10.5 Å². The number of anilines is 1. The van der Waals surface area contributed by atoms with Crippen LogP contribution in [0.3, 0.4) is 0 Å². The average molecular weight is 307 g/mol. The van der Waals surface area contributed by atoms with Gasteiger partial charge in [0.05, 0.1) is 19.9 Å². The summed E-state index contributed by atoms with van der Waals surface area (Å²) in [6.07, 6.45) is 0. The van der Waals surface area contributed by atoms with Gasteiger partial charge in [-0.05, 0) is 0 Å². The fourth-order valence-electron chi connectivity index (χ4n) is 1.25. The maximum atomic E-state index is 11.5. The zero-order valence-corrected chi connectivity index (χ0v) is 11.7. The molecule has 0 saturated carbocycles. The highest BCUT2D eigenvalue weighted by molar-refractivity contribution is 6.41. The maximum Gasteiger partial charge on any atom is 0.348 e. The van der Waals surface area contributed by atoms with E-state index in [-0.39, 0.29) is 33.2 Å². The van der Waals surface area contributed by atoms with Crippen molar-refractivity contribution in [3.05, 3.63) is 16.1 Å². The molecule has 104 valence electrons. The second-order valence-electron chi connectivity index (χ2n) is 3.25. The predicted molar refractivity (Wildman–Crippen MR) is 74.4 cm³/mol. The van der Waals surface area contributed by atoms with Crippen LogP contribution in [-0.2, 0) is 0 Å². The second kappa shape index (κ2) is 6.35. The Balaban J connectivity index is 3.25. The van der Waals surface area contributed by atoms with Crippen molar-refractivity contribution >= 4 is 40.9 Å². The van der Waals surface area contributed by atoms with Gasteiger partial charge in [0.1, 0.15) is 21.5 Å². The standard InChI is InChI=1S/C10H12Cl2N4O3/c1-18-4-3-5(19-2)7(12)8(6(4)11)15-10(17)16-9(13)14/h3H,1-2H3,(H5,13,14,15,16,17). The number of hydrogen-bond donors (Lipinski definition) is 3. The topological polar surface area (TPSA) is 112 Å². The summed E-state index contributed by atoms with van der Waals surface area (Å²) in [4.78, 5) is 14.8. The smallest absolute Gasteiger partial charge is 0.348 e. The van der Waals surface area contributed by atoms with Gasteiger partial charge in [0.25, 0.3) is 0 Å². The van der Waals surface area contributed by atoms with Crippen LogP contribution in [0.1, 0.15) is 0 Å². The Morgan fingerprint density at radius 2 is 1.68 bits per heavy atom. The van der Waals surface area contributed by atoms with E-state index in [9.17, 15) is 4.79 Å². The van der Waals surface area contributed by atoms with Gasteiger partial charge in [0.15, 0.2) is 5.96 Å². The largest absolute Gasteiger partial charge is 0.495 e. The van der Waals surface area contributed by atoms with Gasteiger partial charge in [-0.3, -0.25) is 0 Å². The molecule has 0 aromatic heterocycles. The molecule has 0 spiro atoms. The zero-order valence-electron chi connectivity index (χ0n) is 10.2. The molecule has 0 aliphatic carbocycles. The summed E-state index contributed by atoms with van der Waals surface area (Å²) in [5, 5.41) is 2.56. The molecule has 1 aromatic rings. The third-order valence-corrected chi connectivity index (χ3v) is 2.79. The van der Waals surface area contributed by atoms with Crippen LogP contribution in [0.2, 0.25) is 10.0 Å². The van der Waals surface area contributed by atoms with Crippen LogP contribution in [0.15, 0.2) is 11.1 Å². The van der Waals surface area contributed by atoms with Crippen molar-refractivity contribution in [1.82, 2.24) is 0 Å². The lowest BCUT2D eigenvalue weighted by atomic mass is 10.2. The SMILES string of the molecule is COc1cc(OC)c(Cl)c(NC(=O)N=C(N)N)c1Cl. The van der Waals surface area contributed by atoms with Gasteiger partial charge >= 0.3 is 6.03 Å². The lowest BCUT2D eigenvalue weighted by Gasteiger charge is -2.14. The summed E-state index contributed by atoms with van der Waals surface area (Å²) in [5.74, 6) is 0.172. The third-order valence-electron chi connectivity index (χ3n) is 2.04. The molecule has 0 aliphatic rings. The van der Waals surface area contributed by atoms with Crippen LogP contribution in [-0.4, -0.2) is 26.2 Å². The molecule has 0 aliphatic heterocycles. The van der Waals surface area contributed by atoms with E-state index in [0.29, 0.717) is 0 Å². The van der Waals surface area contributed by atoms with E-state index < -0.39 is 6.03 Å². The second-order valence-corrected chi connectivity index (χ2v) is 4.01. The maximum absolute atomic E-state index is 11.5. The van der Waals surface area contributed by atoms with Crippen molar-refractivity contribution in [2.75, 3.05) is 19.5 Å². The van der Waals surface area contributed by atoms with Crippen LogP contribution in [0.25, 0.3) is 0 Å². The van der Waals surface area contributed by atoms with E-state index in [1.807, 2.05) is 0 Å².